The number of carbonyl (C=O) groups is 1. The molecule has 1 amide bonds. The lowest BCUT2D eigenvalue weighted by Gasteiger charge is -2.35. The van der Waals surface area contributed by atoms with Crippen LogP contribution in [0.5, 0.6) is 17.2 Å². The number of fused-ring (bicyclic) bond motifs is 2. The summed E-state index contributed by atoms with van der Waals surface area (Å²) in [5.74, 6) is 1.09. The number of benzene rings is 3. The molecule has 10 heteroatoms. The number of rotatable bonds is 5. The standard InChI is InChI=1S/C25H23ClN2O6S/c1-16(17-7-9-22-23(13-17)33-12-11-32-22)27-25(29)24-15-28(20-14-18(26)8-10-21(20)34-24)35(30,31)19-5-3-2-4-6-19/h2-10,13-14,16,24H,11-12,15H2,1H3,(H,27,29)/t16-,24-/m0/s1. The van der Waals surface area contributed by atoms with Gasteiger partial charge in [0.2, 0.25) is 0 Å². The van der Waals surface area contributed by atoms with E-state index in [0.29, 0.717) is 29.7 Å². The lowest BCUT2D eigenvalue weighted by atomic mass is 10.1. The van der Waals surface area contributed by atoms with Crippen LogP contribution in [0, 0.1) is 0 Å². The Hall–Kier alpha value is -3.43. The Bertz CT molecular complexity index is 1370. The zero-order valence-electron chi connectivity index (χ0n) is 18.8. The molecule has 1 N–H and O–H groups in total. The summed E-state index contributed by atoms with van der Waals surface area (Å²) in [4.78, 5) is 13.3. The van der Waals surface area contributed by atoms with Gasteiger partial charge in [-0.1, -0.05) is 35.9 Å². The summed E-state index contributed by atoms with van der Waals surface area (Å²) in [5.41, 5.74) is 1.10. The number of anilines is 1. The normalized spacial score (nSPS) is 17.7. The van der Waals surface area contributed by atoms with Crippen LogP contribution in [0.3, 0.4) is 0 Å². The van der Waals surface area contributed by atoms with Crippen LogP contribution < -0.4 is 23.8 Å². The second-order valence-electron chi connectivity index (χ2n) is 8.20. The summed E-state index contributed by atoms with van der Waals surface area (Å²) >= 11 is 6.15. The lowest BCUT2D eigenvalue weighted by Crippen LogP contribution is -2.51. The Morgan fingerprint density at radius 2 is 1.71 bits per heavy atom. The third-order valence-electron chi connectivity index (χ3n) is 5.84. The van der Waals surface area contributed by atoms with Crippen molar-refractivity contribution < 1.29 is 27.4 Å². The third kappa shape index (κ3) is 4.61. The lowest BCUT2D eigenvalue weighted by molar-refractivity contribution is -0.128. The van der Waals surface area contributed by atoms with E-state index in [1.165, 1.54) is 22.5 Å². The van der Waals surface area contributed by atoms with Gasteiger partial charge in [-0.15, -0.1) is 0 Å². The van der Waals surface area contributed by atoms with Crippen molar-refractivity contribution in [3.63, 3.8) is 0 Å². The van der Waals surface area contributed by atoms with E-state index in [-0.39, 0.29) is 28.9 Å². The first-order valence-electron chi connectivity index (χ1n) is 11.1. The monoisotopic (exact) mass is 514 g/mol. The van der Waals surface area contributed by atoms with Crippen molar-refractivity contribution >= 4 is 33.2 Å². The summed E-state index contributed by atoms with van der Waals surface area (Å²) in [6.07, 6.45) is -1.07. The van der Waals surface area contributed by atoms with Gasteiger partial charge in [0.15, 0.2) is 17.6 Å². The molecule has 0 bridgehead atoms. The molecule has 3 aromatic carbocycles. The summed E-state index contributed by atoms with van der Waals surface area (Å²) in [5, 5.41) is 3.28. The van der Waals surface area contributed by atoms with E-state index in [4.69, 9.17) is 25.8 Å². The highest BCUT2D eigenvalue weighted by molar-refractivity contribution is 7.92. The van der Waals surface area contributed by atoms with Gasteiger partial charge in [-0.2, -0.15) is 0 Å². The zero-order chi connectivity index (χ0) is 24.6. The van der Waals surface area contributed by atoms with Crippen LogP contribution in [0.25, 0.3) is 0 Å². The number of halogens is 1. The van der Waals surface area contributed by atoms with Gasteiger partial charge in [0, 0.05) is 5.02 Å². The molecular formula is C25H23ClN2O6S. The Morgan fingerprint density at radius 3 is 2.49 bits per heavy atom. The topological polar surface area (TPSA) is 94.2 Å². The molecule has 0 aromatic heterocycles. The highest BCUT2D eigenvalue weighted by Crippen LogP contribution is 2.39. The van der Waals surface area contributed by atoms with Crippen molar-refractivity contribution in [2.75, 3.05) is 24.1 Å². The smallest absolute Gasteiger partial charge is 0.264 e. The highest BCUT2D eigenvalue weighted by Gasteiger charge is 2.38. The van der Waals surface area contributed by atoms with Crippen LogP contribution >= 0.6 is 11.6 Å². The first kappa shape index (κ1) is 23.3. The molecule has 0 fully saturated rings. The van der Waals surface area contributed by atoms with Gasteiger partial charge >= 0.3 is 0 Å². The second kappa shape index (κ2) is 9.31. The van der Waals surface area contributed by atoms with Crippen LogP contribution in [0.4, 0.5) is 5.69 Å². The Labute approximate surface area is 208 Å². The molecule has 182 valence electrons. The molecular weight excluding hydrogens is 492 g/mol. The van der Waals surface area contributed by atoms with Crippen molar-refractivity contribution in [2.24, 2.45) is 0 Å². The van der Waals surface area contributed by atoms with Gasteiger partial charge in [-0.05, 0) is 55.0 Å². The van der Waals surface area contributed by atoms with Crippen LogP contribution in [-0.4, -0.2) is 40.2 Å². The first-order chi connectivity index (χ1) is 16.8. The molecule has 0 unspecified atom stereocenters. The molecule has 0 saturated heterocycles. The van der Waals surface area contributed by atoms with Gasteiger partial charge in [0.25, 0.3) is 15.9 Å². The van der Waals surface area contributed by atoms with E-state index in [9.17, 15) is 13.2 Å². The third-order valence-corrected chi connectivity index (χ3v) is 7.87. The number of amides is 1. The number of sulfonamides is 1. The summed E-state index contributed by atoms with van der Waals surface area (Å²) in [7, 11) is -3.97. The SMILES string of the molecule is C[C@H](NC(=O)[C@@H]1CN(S(=O)(=O)c2ccccc2)c2cc(Cl)ccc2O1)c1ccc2c(c1)OCCO2. The van der Waals surface area contributed by atoms with Gasteiger partial charge in [-0.25, -0.2) is 8.42 Å². The molecule has 2 aliphatic rings. The molecule has 5 rings (SSSR count). The number of hydrogen-bond acceptors (Lipinski definition) is 6. The second-order valence-corrected chi connectivity index (χ2v) is 10.5. The van der Waals surface area contributed by atoms with E-state index >= 15 is 0 Å². The Morgan fingerprint density at radius 1 is 1.00 bits per heavy atom. The maximum absolute atomic E-state index is 13.5. The number of carbonyl (C=O) groups excluding carboxylic acids is 1. The molecule has 0 aliphatic carbocycles. The molecule has 2 aliphatic heterocycles. The predicted octanol–water partition coefficient (Wildman–Crippen LogP) is 3.94. The van der Waals surface area contributed by atoms with E-state index in [2.05, 4.69) is 5.32 Å². The van der Waals surface area contributed by atoms with Crippen LogP contribution in [0.15, 0.2) is 71.6 Å². The number of nitrogens with one attached hydrogen (secondary N) is 1. The minimum absolute atomic E-state index is 0.108. The largest absolute Gasteiger partial charge is 0.486 e. The minimum Gasteiger partial charge on any atom is -0.486 e. The number of ether oxygens (including phenoxy) is 3. The van der Waals surface area contributed by atoms with Gasteiger partial charge in [0.05, 0.1) is 23.2 Å². The highest BCUT2D eigenvalue weighted by atomic mass is 35.5. The molecule has 8 nitrogen and oxygen atoms in total. The Kier molecular flexibility index (Phi) is 6.21. The molecule has 2 atom stereocenters. The van der Waals surface area contributed by atoms with Crippen molar-refractivity contribution in [3.05, 3.63) is 77.3 Å². The molecule has 2 heterocycles. The molecule has 0 saturated carbocycles. The molecule has 35 heavy (non-hydrogen) atoms. The number of nitrogens with zero attached hydrogens (tertiary/aromatic N) is 1. The van der Waals surface area contributed by atoms with Crippen LogP contribution in [0.1, 0.15) is 18.5 Å². The van der Waals surface area contributed by atoms with Crippen LogP contribution in [0.2, 0.25) is 5.02 Å². The van der Waals surface area contributed by atoms with E-state index in [1.807, 2.05) is 19.1 Å². The minimum atomic E-state index is -3.97. The average molecular weight is 515 g/mol. The van der Waals surface area contributed by atoms with Gasteiger partial charge in [-0.3, -0.25) is 9.10 Å². The Balaban J connectivity index is 1.40. The quantitative estimate of drug-likeness (QED) is 0.554. The summed E-state index contributed by atoms with van der Waals surface area (Å²) in [6, 6.07) is 17.8. The fourth-order valence-electron chi connectivity index (χ4n) is 4.03. The zero-order valence-corrected chi connectivity index (χ0v) is 20.4. The van der Waals surface area contributed by atoms with Crippen LogP contribution in [-0.2, 0) is 14.8 Å². The molecule has 0 spiro atoms. The summed E-state index contributed by atoms with van der Waals surface area (Å²) in [6.45, 7) is 2.58. The van der Waals surface area contributed by atoms with E-state index < -0.39 is 22.0 Å². The van der Waals surface area contributed by atoms with E-state index in [1.54, 1.807) is 36.4 Å². The molecule has 0 radical (unpaired) electrons. The van der Waals surface area contributed by atoms with Gasteiger partial charge in [0.1, 0.15) is 19.0 Å². The predicted molar refractivity (Wildman–Crippen MR) is 131 cm³/mol. The fourth-order valence-corrected chi connectivity index (χ4v) is 5.68. The average Bonchev–Trinajstić information content (AvgIpc) is 2.88. The fraction of sp³-hybridized carbons (Fsp3) is 0.240. The maximum Gasteiger partial charge on any atom is 0.264 e. The van der Waals surface area contributed by atoms with Gasteiger partial charge < -0.3 is 19.5 Å². The van der Waals surface area contributed by atoms with Crippen molar-refractivity contribution in [3.8, 4) is 17.2 Å². The van der Waals surface area contributed by atoms with Crippen molar-refractivity contribution in [2.45, 2.75) is 24.0 Å². The maximum atomic E-state index is 13.5. The van der Waals surface area contributed by atoms with E-state index in [0.717, 1.165) is 5.56 Å². The molecule has 3 aromatic rings. The van der Waals surface area contributed by atoms with Crippen molar-refractivity contribution in [1.29, 1.82) is 0 Å². The van der Waals surface area contributed by atoms with Crippen molar-refractivity contribution in [1.82, 2.24) is 5.32 Å². The number of hydrogen-bond donors (Lipinski definition) is 1. The summed E-state index contributed by atoms with van der Waals surface area (Å²) < 4.78 is 45.2. The first-order valence-corrected chi connectivity index (χ1v) is 12.9.